The Bertz CT molecular complexity index is 689. The van der Waals surface area contributed by atoms with Gasteiger partial charge in [-0.1, -0.05) is 36.4 Å². The molecule has 0 spiro atoms. The van der Waals surface area contributed by atoms with Crippen molar-refractivity contribution in [2.45, 2.75) is 32.5 Å². The van der Waals surface area contributed by atoms with Crippen LogP contribution in [0.2, 0.25) is 0 Å². The van der Waals surface area contributed by atoms with E-state index in [9.17, 15) is 4.79 Å². The second-order valence-electron chi connectivity index (χ2n) is 5.93. The summed E-state index contributed by atoms with van der Waals surface area (Å²) in [5.41, 5.74) is 2.11. The van der Waals surface area contributed by atoms with Crippen molar-refractivity contribution in [1.29, 1.82) is 0 Å². The second kappa shape index (κ2) is 9.08. The quantitative estimate of drug-likeness (QED) is 0.774. The lowest BCUT2D eigenvalue weighted by molar-refractivity contribution is -0.123. The molecule has 2 aromatic carbocycles. The molecule has 0 saturated heterocycles. The Labute approximate surface area is 149 Å². The van der Waals surface area contributed by atoms with Gasteiger partial charge < -0.3 is 14.8 Å². The minimum Gasteiger partial charge on any atom is -0.493 e. The second-order valence-corrected chi connectivity index (χ2v) is 5.93. The molecule has 2 N–H and O–H groups in total. The van der Waals surface area contributed by atoms with E-state index in [1.807, 2.05) is 62.4 Å². The van der Waals surface area contributed by atoms with Gasteiger partial charge in [-0.05, 0) is 37.1 Å². The molecule has 134 valence electrons. The summed E-state index contributed by atoms with van der Waals surface area (Å²) in [5.74, 6) is 1.28. The van der Waals surface area contributed by atoms with Gasteiger partial charge in [0.25, 0.3) is 0 Å². The van der Waals surface area contributed by atoms with Crippen LogP contribution in [0.5, 0.6) is 11.5 Å². The van der Waals surface area contributed by atoms with Crippen LogP contribution in [0.4, 0.5) is 0 Å². The van der Waals surface area contributed by atoms with Gasteiger partial charge >= 0.3 is 0 Å². The van der Waals surface area contributed by atoms with Crippen LogP contribution in [0.3, 0.4) is 0 Å². The fourth-order valence-corrected chi connectivity index (χ4v) is 2.62. The average Bonchev–Trinajstić information content (AvgIpc) is 2.66. The van der Waals surface area contributed by atoms with Crippen LogP contribution in [0.1, 0.15) is 31.0 Å². The number of benzene rings is 2. The first kappa shape index (κ1) is 18.8. The molecule has 0 aliphatic heterocycles. The van der Waals surface area contributed by atoms with Gasteiger partial charge in [0.1, 0.15) is 0 Å². The molecule has 5 heteroatoms. The van der Waals surface area contributed by atoms with E-state index in [2.05, 4.69) is 10.6 Å². The summed E-state index contributed by atoms with van der Waals surface area (Å²) in [7, 11) is 3.19. The van der Waals surface area contributed by atoms with Crippen molar-refractivity contribution in [3.63, 3.8) is 0 Å². The average molecular weight is 342 g/mol. The first-order valence-electron chi connectivity index (χ1n) is 8.34. The van der Waals surface area contributed by atoms with Crippen LogP contribution in [-0.4, -0.2) is 26.2 Å². The molecular formula is C20H26N2O3. The number of rotatable bonds is 8. The lowest BCUT2D eigenvalue weighted by atomic mass is 10.1. The Kier molecular flexibility index (Phi) is 6.83. The maximum Gasteiger partial charge on any atom is 0.237 e. The van der Waals surface area contributed by atoms with Crippen molar-refractivity contribution >= 4 is 5.91 Å². The number of hydrogen-bond acceptors (Lipinski definition) is 4. The van der Waals surface area contributed by atoms with Crippen molar-refractivity contribution in [3.05, 3.63) is 59.7 Å². The van der Waals surface area contributed by atoms with Crippen LogP contribution in [0.15, 0.2) is 48.5 Å². The number of methoxy groups -OCH3 is 2. The summed E-state index contributed by atoms with van der Waals surface area (Å²) in [4.78, 5) is 12.3. The van der Waals surface area contributed by atoms with E-state index in [0.717, 1.165) is 11.1 Å². The predicted octanol–water partition coefficient (Wildman–Crippen LogP) is 3.06. The minimum absolute atomic E-state index is 0.0439. The Morgan fingerprint density at radius 3 is 2.32 bits per heavy atom. The van der Waals surface area contributed by atoms with Crippen LogP contribution in [0, 0.1) is 0 Å². The summed E-state index contributed by atoms with van der Waals surface area (Å²) in [6.07, 6.45) is 0. The van der Waals surface area contributed by atoms with Crippen LogP contribution in [0.25, 0.3) is 0 Å². The molecule has 0 aliphatic carbocycles. The monoisotopic (exact) mass is 342 g/mol. The first-order chi connectivity index (χ1) is 12.0. The summed E-state index contributed by atoms with van der Waals surface area (Å²) in [6.45, 7) is 4.35. The highest BCUT2D eigenvalue weighted by Gasteiger charge is 2.16. The smallest absolute Gasteiger partial charge is 0.237 e. The van der Waals surface area contributed by atoms with E-state index < -0.39 is 0 Å². The standard InChI is InChI=1S/C20H26N2O3/c1-14(17-8-6-5-7-9-17)22-15(2)20(23)21-13-16-10-11-18(24-3)19(12-16)25-4/h5-12,14-15,22H,13H2,1-4H3,(H,21,23)/t14-,15+/m1/s1. The van der Waals surface area contributed by atoms with E-state index >= 15 is 0 Å². The molecule has 0 heterocycles. The van der Waals surface area contributed by atoms with E-state index in [1.54, 1.807) is 14.2 Å². The van der Waals surface area contributed by atoms with E-state index in [0.29, 0.717) is 18.0 Å². The summed E-state index contributed by atoms with van der Waals surface area (Å²) in [5, 5.41) is 6.26. The van der Waals surface area contributed by atoms with Crippen molar-refractivity contribution < 1.29 is 14.3 Å². The van der Waals surface area contributed by atoms with Gasteiger partial charge in [-0.3, -0.25) is 10.1 Å². The molecule has 25 heavy (non-hydrogen) atoms. The normalized spacial score (nSPS) is 13.0. The zero-order valence-electron chi connectivity index (χ0n) is 15.2. The zero-order chi connectivity index (χ0) is 18.2. The third-order valence-electron chi connectivity index (χ3n) is 4.11. The molecule has 2 atom stereocenters. The molecule has 2 rings (SSSR count). The predicted molar refractivity (Wildman–Crippen MR) is 98.8 cm³/mol. The fourth-order valence-electron chi connectivity index (χ4n) is 2.62. The third-order valence-corrected chi connectivity index (χ3v) is 4.11. The number of carbonyl (C=O) groups excluding carboxylic acids is 1. The molecule has 0 unspecified atom stereocenters. The van der Waals surface area contributed by atoms with Gasteiger partial charge in [-0.15, -0.1) is 0 Å². The van der Waals surface area contributed by atoms with Crippen molar-refractivity contribution in [3.8, 4) is 11.5 Å². The van der Waals surface area contributed by atoms with Gasteiger partial charge in [-0.25, -0.2) is 0 Å². The third kappa shape index (κ3) is 5.22. The Balaban J connectivity index is 1.89. The summed E-state index contributed by atoms with van der Waals surface area (Å²) >= 11 is 0. The van der Waals surface area contributed by atoms with Gasteiger partial charge in [0, 0.05) is 12.6 Å². The summed E-state index contributed by atoms with van der Waals surface area (Å²) in [6, 6.07) is 15.5. The van der Waals surface area contributed by atoms with Gasteiger partial charge in [0.15, 0.2) is 11.5 Å². The minimum atomic E-state index is -0.296. The molecule has 2 aromatic rings. The highest BCUT2D eigenvalue weighted by atomic mass is 16.5. The Morgan fingerprint density at radius 2 is 1.68 bits per heavy atom. The zero-order valence-corrected chi connectivity index (χ0v) is 15.2. The van der Waals surface area contributed by atoms with Crippen molar-refractivity contribution in [1.82, 2.24) is 10.6 Å². The molecule has 5 nitrogen and oxygen atoms in total. The molecule has 1 amide bonds. The number of nitrogens with one attached hydrogen (secondary N) is 2. The molecule has 0 aliphatic rings. The van der Waals surface area contributed by atoms with Crippen LogP contribution < -0.4 is 20.1 Å². The molecule has 0 saturated carbocycles. The van der Waals surface area contributed by atoms with Gasteiger partial charge in [0.2, 0.25) is 5.91 Å². The number of hydrogen-bond donors (Lipinski definition) is 2. The van der Waals surface area contributed by atoms with Gasteiger partial charge in [-0.2, -0.15) is 0 Å². The van der Waals surface area contributed by atoms with E-state index in [4.69, 9.17) is 9.47 Å². The molecule has 0 aromatic heterocycles. The highest BCUT2D eigenvalue weighted by molar-refractivity contribution is 5.81. The van der Waals surface area contributed by atoms with Crippen LogP contribution >= 0.6 is 0 Å². The largest absolute Gasteiger partial charge is 0.493 e. The van der Waals surface area contributed by atoms with Gasteiger partial charge in [0.05, 0.1) is 20.3 Å². The lowest BCUT2D eigenvalue weighted by Gasteiger charge is -2.20. The number of ether oxygens (including phenoxy) is 2. The maximum atomic E-state index is 12.3. The molecule has 0 bridgehead atoms. The first-order valence-corrected chi connectivity index (χ1v) is 8.34. The SMILES string of the molecule is COc1ccc(CNC(=O)[C@H](C)N[C@H](C)c2ccccc2)cc1OC. The van der Waals surface area contributed by atoms with E-state index in [-0.39, 0.29) is 18.0 Å². The molecular weight excluding hydrogens is 316 g/mol. The van der Waals surface area contributed by atoms with Crippen molar-refractivity contribution in [2.75, 3.05) is 14.2 Å². The lowest BCUT2D eigenvalue weighted by Crippen LogP contribution is -2.42. The molecule has 0 radical (unpaired) electrons. The fraction of sp³-hybridized carbons (Fsp3) is 0.350. The van der Waals surface area contributed by atoms with Crippen molar-refractivity contribution in [2.24, 2.45) is 0 Å². The highest BCUT2D eigenvalue weighted by Crippen LogP contribution is 2.27. The molecule has 0 fully saturated rings. The Hall–Kier alpha value is -2.53. The van der Waals surface area contributed by atoms with Crippen LogP contribution in [-0.2, 0) is 11.3 Å². The summed E-state index contributed by atoms with van der Waals surface area (Å²) < 4.78 is 10.5. The maximum absolute atomic E-state index is 12.3. The Morgan fingerprint density at radius 1 is 1.00 bits per heavy atom. The van der Waals surface area contributed by atoms with E-state index in [1.165, 1.54) is 0 Å². The number of amides is 1. The topological polar surface area (TPSA) is 59.6 Å². The number of carbonyl (C=O) groups is 1.